The number of piperidine rings is 1. The first kappa shape index (κ1) is 18.6. The maximum Gasteiger partial charge on any atom is 0.314 e. The van der Waals surface area contributed by atoms with Gasteiger partial charge in [-0.05, 0) is 36.8 Å². The highest BCUT2D eigenvalue weighted by molar-refractivity contribution is 5.94. The SMILES string of the molecule is CC(C)c1ccc(C(=O)N2CC[C@@H](O)[C@](CC3CC3)(C(=O)O)C2)c(=O)[nH]1. The van der Waals surface area contributed by atoms with Crippen molar-refractivity contribution >= 4 is 11.9 Å². The molecule has 1 aliphatic carbocycles. The van der Waals surface area contributed by atoms with Gasteiger partial charge in [0.25, 0.3) is 11.5 Å². The molecule has 2 fully saturated rings. The Labute approximate surface area is 152 Å². The number of carboxylic acid groups (broad SMARTS) is 1. The molecule has 3 N–H and O–H groups in total. The first-order chi connectivity index (χ1) is 12.2. The number of nitrogens with zero attached hydrogens (tertiary/aromatic N) is 1. The Morgan fingerprint density at radius 2 is 2.00 bits per heavy atom. The number of aliphatic hydroxyl groups excluding tert-OH is 1. The Morgan fingerprint density at radius 3 is 2.54 bits per heavy atom. The van der Waals surface area contributed by atoms with E-state index in [9.17, 15) is 24.6 Å². The van der Waals surface area contributed by atoms with Crippen molar-refractivity contribution in [2.45, 2.75) is 51.6 Å². The minimum absolute atomic E-state index is 0.0106. The van der Waals surface area contributed by atoms with E-state index in [4.69, 9.17) is 0 Å². The van der Waals surface area contributed by atoms with Crippen molar-refractivity contribution in [2.75, 3.05) is 13.1 Å². The standard InChI is InChI=1S/C19H26N2O5/c1-11(2)14-6-5-13(16(23)20-14)17(24)21-8-7-15(22)19(10-21,18(25)26)9-12-3-4-12/h5-6,11-12,15,22H,3-4,7-10H2,1-2H3,(H,20,23)(H,25,26)/t15-,19-/m1/s1. The van der Waals surface area contributed by atoms with Crippen molar-refractivity contribution in [3.8, 4) is 0 Å². The molecular weight excluding hydrogens is 336 g/mol. The summed E-state index contributed by atoms with van der Waals surface area (Å²) in [7, 11) is 0. The second kappa shape index (κ2) is 6.87. The number of pyridine rings is 1. The predicted molar refractivity (Wildman–Crippen MR) is 95.1 cm³/mol. The number of rotatable bonds is 5. The van der Waals surface area contributed by atoms with E-state index in [2.05, 4.69) is 4.98 Å². The Hall–Kier alpha value is -2.15. The molecule has 1 aromatic heterocycles. The van der Waals surface area contributed by atoms with Gasteiger partial charge < -0.3 is 20.1 Å². The fraction of sp³-hybridized carbons (Fsp3) is 0.632. The minimum Gasteiger partial charge on any atom is -0.481 e. The van der Waals surface area contributed by atoms with Crippen LogP contribution in [0.1, 0.15) is 61.5 Å². The fourth-order valence-corrected chi connectivity index (χ4v) is 3.75. The number of aliphatic carboxylic acids is 1. The van der Waals surface area contributed by atoms with E-state index >= 15 is 0 Å². The first-order valence-electron chi connectivity index (χ1n) is 9.18. The van der Waals surface area contributed by atoms with Crippen LogP contribution in [0.2, 0.25) is 0 Å². The summed E-state index contributed by atoms with van der Waals surface area (Å²) in [6.45, 7) is 4.06. The highest BCUT2D eigenvalue weighted by Crippen LogP contribution is 2.45. The number of carbonyl (C=O) groups is 2. The van der Waals surface area contributed by atoms with Crippen LogP contribution >= 0.6 is 0 Å². The summed E-state index contributed by atoms with van der Waals surface area (Å²) in [4.78, 5) is 41.3. The molecule has 7 nitrogen and oxygen atoms in total. The molecule has 2 atom stereocenters. The second-order valence-corrected chi connectivity index (χ2v) is 7.95. The van der Waals surface area contributed by atoms with Crippen LogP contribution in [0.3, 0.4) is 0 Å². The van der Waals surface area contributed by atoms with Gasteiger partial charge in [0.2, 0.25) is 0 Å². The zero-order valence-corrected chi connectivity index (χ0v) is 15.2. The fourth-order valence-electron chi connectivity index (χ4n) is 3.75. The third kappa shape index (κ3) is 3.40. The molecule has 2 aliphatic rings. The number of amides is 1. The van der Waals surface area contributed by atoms with Gasteiger partial charge in [-0.25, -0.2) is 0 Å². The largest absolute Gasteiger partial charge is 0.481 e. The third-order valence-electron chi connectivity index (χ3n) is 5.63. The number of aromatic nitrogens is 1. The van der Waals surface area contributed by atoms with Gasteiger partial charge in [0.05, 0.1) is 6.10 Å². The van der Waals surface area contributed by atoms with E-state index in [1.165, 1.54) is 11.0 Å². The topological polar surface area (TPSA) is 111 Å². The molecule has 2 heterocycles. The number of likely N-dealkylation sites (tertiary alicyclic amines) is 1. The summed E-state index contributed by atoms with van der Waals surface area (Å²) < 4.78 is 0. The van der Waals surface area contributed by atoms with Crippen molar-refractivity contribution in [1.82, 2.24) is 9.88 Å². The Balaban J connectivity index is 1.85. The summed E-state index contributed by atoms with van der Waals surface area (Å²) in [6, 6.07) is 3.22. The quantitative estimate of drug-likeness (QED) is 0.736. The molecular formula is C19H26N2O5. The zero-order chi connectivity index (χ0) is 19.1. The summed E-state index contributed by atoms with van der Waals surface area (Å²) in [5.74, 6) is -1.12. The zero-order valence-electron chi connectivity index (χ0n) is 15.2. The highest BCUT2D eigenvalue weighted by atomic mass is 16.4. The summed E-state index contributed by atoms with van der Waals surface area (Å²) in [6.07, 6.45) is 1.52. The van der Waals surface area contributed by atoms with Crippen LogP contribution in [0.4, 0.5) is 0 Å². The number of H-pyrrole nitrogens is 1. The van der Waals surface area contributed by atoms with Crippen molar-refractivity contribution in [3.05, 3.63) is 33.7 Å². The molecule has 0 bridgehead atoms. The van der Waals surface area contributed by atoms with Crippen LogP contribution in [0.5, 0.6) is 0 Å². The Morgan fingerprint density at radius 1 is 1.31 bits per heavy atom. The maximum atomic E-state index is 12.9. The first-order valence-corrected chi connectivity index (χ1v) is 9.18. The molecule has 142 valence electrons. The summed E-state index contributed by atoms with van der Waals surface area (Å²) >= 11 is 0. The molecule has 1 aliphatic heterocycles. The van der Waals surface area contributed by atoms with E-state index < -0.39 is 29.0 Å². The maximum absolute atomic E-state index is 12.9. The number of carboxylic acids is 1. The molecule has 26 heavy (non-hydrogen) atoms. The van der Waals surface area contributed by atoms with Crippen LogP contribution in [0.15, 0.2) is 16.9 Å². The van der Waals surface area contributed by atoms with Gasteiger partial charge >= 0.3 is 5.97 Å². The van der Waals surface area contributed by atoms with Crippen LogP contribution in [-0.2, 0) is 4.79 Å². The lowest BCUT2D eigenvalue weighted by Crippen LogP contribution is -2.57. The second-order valence-electron chi connectivity index (χ2n) is 7.95. The number of nitrogens with one attached hydrogen (secondary N) is 1. The number of aromatic amines is 1. The third-order valence-corrected chi connectivity index (χ3v) is 5.63. The van der Waals surface area contributed by atoms with E-state index in [0.717, 1.165) is 18.5 Å². The molecule has 0 radical (unpaired) electrons. The molecule has 1 aromatic rings. The predicted octanol–water partition coefficient (Wildman–Crippen LogP) is 1.58. The highest BCUT2D eigenvalue weighted by Gasteiger charge is 2.52. The molecule has 3 rings (SSSR count). The number of hydrogen-bond acceptors (Lipinski definition) is 4. The van der Waals surface area contributed by atoms with Gasteiger partial charge in [-0.15, -0.1) is 0 Å². The van der Waals surface area contributed by atoms with Crippen LogP contribution in [0.25, 0.3) is 0 Å². The van der Waals surface area contributed by atoms with Gasteiger partial charge in [0.15, 0.2) is 0 Å². The lowest BCUT2D eigenvalue weighted by molar-refractivity contribution is -0.163. The lowest BCUT2D eigenvalue weighted by Gasteiger charge is -2.43. The molecule has 1 amide bonds. The number of carbonyl (C=O) groups excluding carboxylic acids is 1. The van der Waals surface area contributed by atoms with Gasteiger partial charge in [-0.2, -0.15) is 0 Å². The smallest absolute Gasteiger partial charge is 0.314 e. The monoisotopic (exact) mass is 362 g/mol. The van der Waals surface area contributed by atoms with Crippen LogP contribution in [0, 0.1) is 11.3 Å². The van der Waals surface area contributed by atoms with E-state index in [1.807, 2.05) is 13.8 Å². The summed E-state index contributed by atoms with van der Waals surface area (Å²) in [5, 5.41) is 20.2. The average Bonchev–Trinajstić information content (AvgIpc) is 3.39. The minimum atomic E-state index is -1.35. The van der Waals surface area contributed by atoms with E-state index in [-0.39, 0.29) is 31.0 Å². The molecule has 1 saturated carbocycles. The normalized spacial score (nSPS) is 26.2. The molecule has 7 heteroatoms. The van der Waals surface area contributed by atoms with Crippen molar-refractivity contribution in [1.29, 1.82) is 0 Å². The number of aliphatic hydroxyl groups is 1. The van der Waals surface area contributed by atoms with Gasteiger partial charge in [-0.3, -0.25) is 14.4 Å². The Bertz CT molecular complexity index is 767. The average molecular weight is 362 g/mol. The Kier molecular flexibility index (Phi) is 4.92. The van der Waals surface area contributed by atoms with Gasteiger partial charge in [-0.1, -0.05) is 26.7 Å². The summed E-state index contributed by atoms with van der Waals surface area (Å²) in [5.41, 5.74) is -1.05. The van der Waals surface area contributed by atoms with E-state index in [1.54, 1.807) is 6.07 Å². The molecule has 0 aromatic carbocycles. The van der Waals surface area contributed by atoms with Crippen molar-refractivity contribution in [3.63, 3.8) is 0 Å². The van der Waals surface area contributed by atoms with Crippen molar-refractivity contribution < 1.29 is 19.8 Å². The van der Waals surface area contributed by atoms with Crippen LogP contribution < -0.4 is 5.56 Å². The van der Waals surface area contributed by atoms with Crippen LogP contribution in [-0.4, -0.2) is 51.2 Å². The van der Waals surface area contributed by atoms with Gasteiger partial charge in [0.1, 0.15) is 11.0 Å². The van der Waals surface area contributed by atoms with Crippen molar-refractivity contribution in [2.24, 2.45) is 11.3 Å². The number of hydrogen-bond donors (Lipinski definition) is 3. The molecule has 0 unspecified atom stereocenters. The van der Waals surface area contributed by atoms with E-state index in [0.29, 0.717) is 12.3 Å². The lowest BCUT2D eigenvalue weighted by atomic mass is 9.73. The molecule has 1 saturated heterocycles. The molecule has 0 spiro atoms. The van der Waals surface area contributed by atoms with Gasteiger partial charge in [0, 0.05) is 18.8 Å².